The van der Waals surface area contributed by atoms with Crippen LogP contribution in [0, 0.1) is 0 Å². The van der Waals surface area contributed by atoms with Crippen molar-refractivity contribution in [2.45, 2.75) is 0 Å². The van der Waals surface area contributed by atoms with E-state index in [1.54, 1.807) is 0 Å². The van der Waals surface area contributed by atoms with Crippen LogP contribution in [0.25, 0.3) is 73.4 Å². The Balaban J connectivity index is 1.36. The number of aromatic nitrogens is 2. The molecular weight excluding hydrogens is 477 g/mol. The van der Waals surface area contributed by atoms with E-state index in [9.17, 15) is 0 Å². The van der Waals surface area contributed by atoms with Gasteiger partial charge in [-0.1, -0.05) is 48.5 Å². The largest absolute Gasteiger partial charge is 0.264 e. The van der Waals surface area contributed by atoms with Crippen molar-refractivity contribution in [2.75, 3.05) is 0 Å². The Morgan fingerprint density at radius 1 is 0.417 bits per heavy atom. The number of benzene rings is 4. The summed E-state index contributed by atoms with van der Waals surface area (Å²) in [5, 5.41) is 10.5. The summed E-state index contributed by atoms with van der Waals surface area (Å²) < 4.78 is 2.62. The second-order valence-corrected chi connectivity index (χ2v) is 11.2. The monoisotopic (exact) mass is 494 g/mol. The molecule has 0 amide bonds. The van der Waals surface area contributed by atoms with Gasteiger partial charge in [0.15, 0.2) is 0 Å². The maximum absolute atomic E-state index is 4.31. The van der Waals surface area contributed by atoms with Gasteiger partial charge >= 0.3 is 0 Å². The number of nitrogens with zero attached hydrogens (tertiary/aromatic N) is 2. The van der Waals surface area contributed by atoms with Crippen LogP contribution in [0.2, 0.25) is 0 Å². The molecule has 4 aromatic carbocycles. The van der Waals surface area contributed by atoms with Crippen LogP contribution in [-0.4, -0.2) is 9.97 Å². The molecule has 8 rings (SSSR count). The predicted octanol–water partition coefficient (Wildman–Crippen LogP) is 9.70. The number of rotatable bonds is 2. The fourth-order valence-corrected chi connectivity index (χ4v) is 7.51. The van der Waals surface area contributed by atoms with Crippen LogP contribution in [0.1, 0.15) is 0 Å². The van der Waals surface area contributed by atoms with E-state index in [1.165, 1.54) is 73.4 Å². The molecule has 8 aromatic rings. The van der Waals surface area contributed by atoms with Crippen LogP contribution in [0.4, 0.5) is 0 Å². The maximum Gasteiger partial charge on any atom is 0.0371 e. The van der Waals surface area contributed by atoms with Gasteiger partial charge in [0, 0.05) is 65.8 Å². The molecule has 0 atom stereocenters. The number of hydrogen-bond donors (Lipinski definition) is 0. The van der Waals surface area contributed by atoms with Crippen molar-refractivity contribution in [1.29, 1.82) is 0 Å². The Labute approximate surface area is 215 Å². The number of hydrogen-bond acceptors (Lipinski definition) is 4. The summed E-state index contributed by atoms with van der Waals surface area (Å²) in [6.07, 6.45) is 7.54. The average Bonchev–Trinajstić information content (AvgIpc) is 3.58. The van der Waals surface area contributed by atoms with E-state index in [4.69, 9.17) is 0 Å². The molecule has 2 nitrogen and oxygen atoms in total. The molecule has 4 heteroatoms. The Hall–Kier alpha value is -4.12. The van der Waals surface area contributed by atoms with Crippen LogP contribution in [0.3, 0.4) is 0 Å². The molecule has 0 radical (unpaired) electrons. The minimum absolute atomic E-state index is 1.17. The van der Waals surface area contributed by atoms with Gasteiger partial charge in [0.05, 0.1) is 0 Å². The standard InChI is InChI=1S/C32H18N2S2/c1-3-19(17-33-13-1)31-15-27-25-7-5-22-21(23(25)9-11-29(27)35-31)6-8-26-24(22)10-12-30-28(26)16-32(36-30)20-4-2-14-34-18-20/h1-18H. The summed E-state index contributed by atoms with van der Waals surface area (Å²) in [5.41, 5.74) is 2.34. The van der Waals surface area contributed by atoms with Crippen molar-refractivity contribution in [2.24, 2.45) is 0 Å². The molecular formula is C32H18N2S2. The summed E-state index contributed by atoms with van der Waals surface area (Å²) in [5.74, 6) is 0. The first-order valence-corrected chi connectivity index (χ1v) is 13.5. The highest BCUT2D eigenvalue weighted by molar-refractivity contribution is 7.22. The van der Waals surface area contributed by atoms with Crippen LogP contribution in [0.5, 0.6) is 0 Å². The molecule has 0 aliphatic carbocycles. The van der Waals surface area contributed by atoms with Crippen LogP contribution in [-0.2, 0) is 0 Å². The minimum Gasteiger partial charge on any atom is -0.264 e. The van der Waals surface area contributed by atoms with E-state index in [0.29, 0.717) is 0 Å². The molecule has 0 aliphatic heterocycles. The van der Waals surface area contributed by atoms with Crippen LogP contribution in [0.15, 0.2) is 110 Å². The van der Waals surface area contributed by atoms with Crippen molar-refractivity contribution in [3.63, 3.8) is 0 Å². The number of thiophene rings is 2. The van der Waals surface area contributed by atoms with Crippen LogP contribution >= 0.6 is 22.7 Å². The molecule has 0 bridgehead atoms. The van der Waals surface area contributed by atoms with Crippen LogP contribution < -0.4 is 0 Å². The van der Waals surface area contributed by atoms with Crippen molar-refractivity contribution in [3.05, 3.63) is 110 Å². The van der Waals surface area contributed by atoms with Gasteiger partial charge in [-0.25, -0.2) is 0 Å². The second kappa shape index (κ2) is 7.69. The molecule has 0 N–H and O–H groups in total. The zero-order valence-corrected chi connectivity index (χ0v) is 20.7. The van der Waals surface area contributed by atoms with Gasteiger partial charge in [-0.2, -0.15) is 0 Å². The van der Waals surface area contributed by atoms with Gasteiger partial charge in [-0.3, -0.25) is 9.97 Å². The molecule has 4 heterocycles. The van der Waals surface area contributed by atoms with E-state index < -0.39 is 0 Å². The van der Waals surface area contributed by atoms with E-state index in [-0.39, 0.29) is 0 Å². The van der Waals surface area contributed by atoms with Gasteiger partial charge in [0.2, 0.25) is 0 Å². The van der Waals surface area contributed by atoms with Crippen molar-refractivity contribution < 1.29 is 0 Å². The van der Waals surface area contributed by atoms with Gasteiger partial charge in [-0.15, -0.1) is 22.7 Å². The highest BCUT2D eigenvalue weighted by Gasteiger charge is 2.13. The first kappa shape index (κ1) is 20.1. The zero-order valence-electron chi connectivity index (χ0n) is 19.1. The lowest BCUT2D eigenvalue weighted by molar-refractivity contribution is 1.33. The number of pyridine rings is 2. The summed E-state index contributed by atoms with van der Waals surface area (Å²) in [6, 6.07) is 31.3. The average molecular weight is 495 g/mol. The molecule has 0 fully saturated rings. The highest BCUT2D eigenvalue weighted by atomic mass is 32.1. The normalized spacial score (nSPS) is 11.9. The lowest BCUT2D eigenvalue weighted by atomic mass is 9.94. The first-order valence-electron chi connectivity index (χ1n) is 11.9. The van der Waals surface area contributed by atoms with Gasteiger partial charge in [0.25, 0.3) is 0 Å². The van der Waals surface area contributed by atoms with Crippen molar-refractivity contribution in [3.8, 4) is 20.9 Å². The van der Waals surface area contributed by atoms with Crippen molar-refractivity contribution >= 4 is 75.2 Å². The third-order valence-electron chi connectivity index (χ3n) is 7.08. The fourth-order valence-electron chi connectivity index (χ4n) is 5.38. The van der Waals surface area contributed by atoms with Crippen molar-refractivity contribution in [1.82, 2.24) is 9.97 Å². The van der Waals surface area contributed by atoms with Gasteiger partial charge in [0.1, 0.15) is 0 Å². The lowest BCUT2D eigenvalue weighted by Crippen LogP contribution is -1.82. The van der Waals surface area contributed by atoms with Gasteiger partial charge in [-0.05, 0) is 68.7 Å². The summed E-state index contributed by atoms with van der Waals surface area (Å²) >= 11 is 3.66. The van der Waals surface area contributed by atoms with E-state index >= 15 is 0 Å². The Kier molecular flexibility index (Phi) is 4.30. The molecule has 0 aliphatic rings. The molecule has 36 heavy (non-hydrogen) atoms. The highest BCUT2D eigenvalue weighted by Crippen LogP contribution is 2.42. The first-order chi connectivity index (χ1) is 17.8. The van der Waals surface area contributed by atoms with Gasteiger partial charge < -0.3 is 0 Å². The fraction of sp³-hybridized carbons (Fsp3) is 0. The molecule has 0 saturated carbocycles. The SMILES string of the molecule is c1cncc(-c2cc3c(ccc4c3ccc3c5ccc6sc(-c7cccnc7)cc6c5ccc43)s2)c1. The third kappa shape index (κ3) is 2.95. The Morgan fingerprint density at radius 3 is 1.19 bits per heavy atom. The predicted molar refractivity (Wildman–Crippen MR) is 156 cm³/mol. The molecule has 168 valence electrons. The quantitative estimate of drug-likeness (QED) is 0.224. The summed E-state index contributed by atoms with van der Waals surface area (Å²) in [4.78, 5) is 11.1. The van der Waals surface area contributed by atoms with E-state index in [0.717, 1.165) is 0 Å². The Bertz CT molecular complexity index is 1940. The summed E-state index contributed by atoms with van der Waals surface area (Å²) in [6.45, 7) is 0. The molecule has 0 saturated heterocycles. The Morgan fingerprint density at radius 2 is 0.806 bits per heavy atom. The minimum atomic E-state index is 1.17. The molecule has 0 unspecified atom stereocenters. The topological polar surface area (TPSA) is 25.8 Å². The maximum atomic E-state index is 4.31. The zero-order chi connectivity index (χ0) is 23.6. The summed E-state index contributed by atoms with van der Waals surface area (Å²) in [7, 11) is 0. The lowest BCUT2D eigenvalue weighted by Gasteiger charge is -2.09. The smallest absolute Gasteiger partial charge is 0.0371 e. The van der Waals surface area contributed by atoms with E-state index in [1.807, 2.05) is 59.6 Å². The molecule has 0 spiro atoms. The number of fused-ring (bicyclic) bond motifs is 9. The third-order valence-corrected chi connectivity index (χ3v) is 9.38. The van der Waals surface area contributed by atoms with E-state index in [2.05, 4.69) is 82.8 Å². The second-order valence-electron chi connectivity index (χ2n) is 9.08. The molecule has 4 aromatic heterocycles.